The summed E-state index contributed by atoms with van der Waals surface area (Å²) in [5.41, 5.74) is 1.42. The predicted octanol–water partition coefficient (Wildman–Crippen LogP) is 2.95. The molecule has 0 aromatic heterocycles. The van der Waals surface area contributed by atoms with Gasteiger partial charge in [-0.15, -0.1) is 0 Å². The molecule has 2 rings (SSSR count). The van der Waals surface area contributed by atoms with E-state index in [2.05, 4.69) is 0 Å². The van der Waals surface area contributed by atoms with Gasteiger partial charge in [0, 0.05) is 5.57 Å². The van der Waals surface area contributed by atoms with E-state index in [1.54, 1.807) is 0 Å². The number of carboxylic acids is 1. The number of hydrogen-bond acceptors (Lipinski definition) is 2. The Morgan fingerprint density at radius 2 is 1.94 bits per heavy atom. The van der Waals surface area contributed by atoms with E-state index in [9.17, 15) is 9.90 Å². The van der Waals surface area contributed by atoms with Crippen LogP contribution in [0.4, 0.5) is 0 Å². The van der Waals surface area contributed by atoms with E-state index in [1.165, 1.54) is 12.2 Å². The SMILES string of the molecule is CC(Cc1ccccc1)C1C(O)=CC=C1C(=O)O. The van der Waals surface area contributed by atoms with Crippen molar-refractivity contribution in [1.29, 1.82) is 0 Å². The van der Waals surface area contributed by atoms with Crippen LogP contribution in [0.25, 0.3) is 0 Å². The maximum atomic E-state index is 11.1. The quantitative estimate of drug-likeness (QED) is 0.856. The molecule has 0 aliphatic heterocycles. The van der Waals surface area contributed by atoms with Crippen molar-refractivity contribution in [2.24, 2.45) is 11.8 Å². The Labute approximate surface area is 106 Å². The molecule has 94 valence electrons. The molecule has 2 atom stereocenters. The minimum Gasteiger partial charge on any atom is -0.512 e. The van der Waals surface area contributed by atoms with Crippen LogP contribution in [0.2, 0.25) is 0 Å². The van der Waals surface area contributed by atoms with Crippen molar-refractivity contribution in [3.8, 4) is 0 Å². The Kier molecular flexibility index (Phi) is 3.51. The second-order valence-corrected chi connectivity index (χ2v) is 4.66. The first-order valence-electron chi connectivity index (χ1n) is 5.97. The molecule has 0 amide bonds. The summed E-state index contributed by atoms with van der Waals surface area (Å²) in [5, 5.41) is 18.9. The molecular formula is C15H16O3. The standard InChI is InChI=1S/C15H16O3/c1-10(9-11-5-3-2-4-6-11)14-12(15(17)18)7-8-13(14)16/h2-8,10,14,16H,9H2,1H3,(H,17,18). The molecule has 0 bridgehead atoms. The molecule has 0 saturated heterocycles. The first-order valence-corrected chi connectivity index (χ1v) is 5.97. The number of allylic oxidation sites excluding steroid dienone is 3. The molecule has 0 radical (unpaired) electrons. The summed E-state index contributed by atoms with van der Waals surface area (Å²) in [4.78, 5) is 11.1. The third-order valence-corrected chi connectivity index (χ3v) is 3.30. The lowest BCUT2D eigenvalue weighted by molar-refractivity contribution is -0.133. The van der Waals surface area contributed by atoms with Crippen molar-refractivity contribution >= 4 is 5.97 Å². The van der Waals surface area contributed by atoms with E-state index in [0.717, 1.165) is 12.0 Å². The van der Waals surface area contributed by atoms with Crippen LogP contribution in [0.5, 0.6) is 0 Å². The molecule has 0 heterocycles. The lowest BCUT2D eigenvalue weighted by Gasteiger charge is -2.21. The summed E-state index contributed by atoms with van der Waals surface area (Å²) < 4.78 is 0. The molecule has 3 heteroatoms. The van der Waals surface area contributed by atoms with Gasteiger partial charge in [-0.1, -0.05) is 37.3 Å². The summed E-state index contributed by atoms with van der Waals surface area (Å²) in [6.45, 7) is 1.96. The number of rotatable bonds is 4. The van der Waals surface area contributed by atoms with Crippen LogP contribution in [0.1, 0.15) is 12.5 Å². The molecule has 2 unspecified atom stereocenters. The van der Waals surface area contributed by atoms with Gasteiger partial charge in [-0.05, 0) is 30.1 Å². The first kappa shape index (κ1) is 12.4. The van der Waals surface area contributed by atoms with Crippen LogP contribution in [0.3, 0.4) is 0 Å². The Morgan fingerprint density at radius 3 is 2.56 bits per heavy atom. The molecule has 18 heavy (non-hydrogen) atoms. The average molecular weight is 244 g/mol. The fourth-order valence-corrected chi connectivity index (χ4v) is 2.45. The number of aliphatic carboxylic acids is 1. The lowest BCUT2D eigenvalue weighted by atomic mass is 9.84. The number of carbonyl (C=O) groups is 1. The Hall–Kier alpha value is -2.03. The first-order chi connectivity index (χ1) is 8.59. The fraction of sp³-hybridized carbons (Fsp3) is 0.267. The maximum absolute atomic E-state index is 11.1. The largest absolute Gasteiger partial charge is 0.512 e. The number of aliphatic hydroxyl groups is 1. The predicted molar refractivity (Wildman–Crippen MR) is 69.2 cm³/mol. The van der Waals surface area contributed by atoms with Crippen LogP contribution in [-0.2, 0) is 11.2 Å². The van der Waals surface area contributed by atoms with Crippen molar-refractivity contribution in [3.05, 3.63) is 59.4 Å². The Balaban J connectivity index is 2.13. The van der Waals surface area contributed by atoms with E-state index < -0.39 is 11.9 Å². The molecule has 0 saturated carbocycles. The number of benzene rings is 1. The Bertz CT molecular complexity index is 500. The zero-order valence-corrected chi connectivity index (χ0v) is 10.2. The zero-order chi connectivity index (χ0) is 13.1. The average Bonchev–Trinajstić information content (AvgIpc) is 2.72. The van der Waals surface area contributed by atoms with Gasteiger partial charge < -0.3 is 10.2 Å². The lowest BCUT2D eigenvalue weighted by Crippen LogP contribution is -2.21. The van der Waals surface area contributed by atoms with Crippen molar-refractivity contribution in [3.63, 3.8) is 0 Å². The summed E-state index contributed by atoms with van der Waals surface area (Å²) >= 11 is 0. The number of carboxylic acid groups (broad SMARTS) is 1. The van der Waals surface area contributed by atoms with Gasteiger partial charge in [-0.3, -0.25) is 0 Å². The fourth-order valence-electron chi connectivity index (χ4n) is 2.45. The molecule has 3 nitrogen and oxygen atoms in total. The van der Waals surface area contributed by atoms with Crippen molar-refractivity contribution in [2.45, 2.75) is 13.3 Å². The van der Waals surface area contributed by atoms with Crippen molar-refractivity contribution < 1.29 is 15.0 Å². The van der Waals surface area contributed by atoms with Crippen LogP contribution < -0.4 is 0 Å². The molecule has 0 spiro atoms. The molecule has 1 aromatic carbocycles. The summed E-state index contributed by atoms with van der Waals surface area (Å²) in [6, 6.07) is 9.89. The van der Waals surface area contributed by atoms with Crippen LogP contribution in [0, 0.1) is 11.8 Å². The van der Waals surface area contributed by atoms with E-state index >= 15 is 0 Å². The third-order valence-electron chi connectivity index (χ3n) is 3.30. The molecular weight excluding hydrogens is 228 g/mol. The van der Waals surface area contributed by atoms with Crippen LogP contribution >= 0.6 is 0 Å². The summed E-state index contributed by atoms with van der Waals surface area (Å²) in [6.07, 6.45) is 3.72. The third kappa shape index (κ3) is 2.45. The van der Waals surface area contributed by atoms with Gasteiger partial charge in [0.1, 0.15) is 5.76 Å². The summed E-state index contributed by atoms with van der Waals surface area (Å²) in [5.74, 6) is -1.16. The number of hydrogen-bond donors (Lipinski definition) is 2. The van der Waals surface area contributed by atoms with Gasteiger partial charge in [0.25, 0.3) is 0 Å². The van der Waals surface area contributed by atoms with Gasteiger partial charge in [0.2, 0.25) is 0 Å². The van der Waals surface area contributed by atoms with Gasteiger partial charge >= 0.3 is 5.97 Å². The van der Waals surface area contributed by atoms with Gasteiger partial charge in [0.15, 0.2) is 0 Å². The Morgan fingerprint density at radius 1 is 1.28 bits per heavy atom. The smallest absolute Gasteiger partial charge is 0.332 e. The highest BCUT2D eigenvalue weighted by Crippen LogP contribution is 2.33. The molecule has 1 aliphatic rings. The number of aliphatic hydroxyl groups excluding tert-OH is 1. The minimum atomic E-state index is -0.958. The van der Waals surface area contributed by atoms with Crippen molar-refractivity contribution in [2.75, 3.05) is 0 Å². The monoisotopic (exact) mass is 244 g/mol. The van der Waals surface area contributed by atoms with E-state index in [0.29, 0.717) is 0 Å². The van der Waals surface area contributed by atoms with E-state index in [-0.39, 0.29) is 17.3 Å². The van der Waals surface area contributed by atoms with Crippen LogP contribution in [-0.4, -0.2) is 16.2 Å². The highest BCUT2D eigenvalue weighted by atomic mass is 16.4. The second kappa shape index (κ2) is 5.08. The zero-order valence-electron chi connectivity index (χ0n) is 10.2. The molecule has 0 fully saturated rings. The van der Waals surface area contributed by atoms with Crippen molar-refractivity contribution in [1.82, 2.24) is 0 Å². The second-order valence-electron chi connectivity index (χ2n) is 4.66. The highest BCUT2D eigenvalue weighted by Gasteiger charge is 2.32. The highest BCUT2D eigenvalue weighted by molar-refractivity contribution is 5.89. The van der Waals surface area contributed by atoms with Crippen LogP contribution in [0.15, 0.2) is 53.8 Å². The summed E-state index contributed by atoms with van der Waals surface area (Å²) in [7, 11) is 0. The maximum Gasteiger partial charge on any atom is 0.332 e. The topological polar surface area (TPSA) is 57.5 Å². The van der Waals surface area contributed by atoms with Gasteiger partial charge in [-0.25, -0.2) is 4.79 Å². The minimum absolute atomic E-state index is 0.0495. The van der Waals surface area contributed by atoms with E-state index in [4.69, 9.17) is 5.11 Å². The van der Waals surface area contributed by atoms with E-state index in [1.807, 2.05) is 37.3 Å². The normalized spacial score (nSPS) is 20.2. The molecule has 2 N–H and O–H groups in total. The van der Waals surface area contributed by atoms with Gasteiger partial charge in [-0.2, -0.15) is 0 Å². The van der Waals surface area contributed by atoms with Gasteiger partial charge in [0.05, 0.1) is 5.92 Å². The molecule has 1 aliphatic carbocycles. The molecule has 1 aromatic rings.